The highest BCUT2D eigenvalue weighted by molar-refractivity contribution is 4.73. The Morgan fingerprint density at radius 3 is 1.86 bits per heavy atom. The van der Waals surface area contributed by atoms with Crippen LogP contribution in [-0.2, 0) is 0 Å². The van der Waals surface area contributed by atoms with Crippen LogP contribution in [0.1, 0.15) is 118 Å². The zero-order chi connectivity index (χ0) is 16.4. The zero-order valence-electron chi connectivity index (χ0n) is 16.4. The Labute approximate surface area is 141 Å². The van der Waals surface area contributed by atoms with E-state index in [1.807, 2.05) is 0 Å². The van der Waals surface area contributed by atoms with Crippen molar-refractivity contribution < 1.29 is 0 Å². The fourth-order valence-corrected chi connectivity index (χ4v) is 3.97. The van der Waals surface area contributed by atoms with Crippen LogP contribution >= 0.6 is 0 Å². The van der Waals surface area contributed by atoms with Gasteiger partial charge in [-0.1, -0.05) is 105 Å². The summed E-state index contributed by atoms with van der Waals surface area (Å²) in [6.45, 7) is 12.2. The molecule has 0 spiro atoms. The molecule has 0 aromatic rings. The van der Waals surface area contributed by atoms with Gasteiger partial charge in [-0.15, -0.1) is 0 Å². The molecule has 1 saturated carbocycles. The summed E-state index contributed by atoms with van der Waals surface area (Å²) in [5.41, 5.74) is 0.481. The summed E-state index contributed by atoms with van der Waals surface area (Å²) in [5.74, 6) is 2.81. The highest BCUT2D eigenvalue weighted by Gasteiger charge is 2.22. The van der Waals surface area contributed by atoms with E-state index in [4.69, 9.17) is 0 Å². The third-order valence-corrected chi connectivity index (χ3v) is 6.28. The Morgan fingerprint density at radius 1 is 0.818 bits per heavy atom. The predicted octanol–water partition coefficient (Wildman–Crippen LogP) is 8.01. The Balaban J connectivity index is 2.44. The minimum Gasteiger partial charge on any atom is -0.0625 e. The average molecular weight is 309 g/mol. The van der Waals surface area contributed by atoms with Crippen LogP contribution in [0.15, 0.2) is 0 Å². The molecule has 1 aliphatic rings. The maximum absolute atomic E-state index is 2.51. The van der Waals surface area contributed by atoms with Gasteiger partial charge in [-0.2, -0.15) is 0 Å². The van der Waals surface area contributed by atoms with Crippen molar-refractivity contribution in [3.8, 4) is 0 Å². The first-order valence-electron chi connectivity index (χ1n) is 10.4. The molecule has 1 rings (SSSR count). The first-order valence-corrected chi connectivity index (χ1v) is 10.4. The standard InChI is InChI=1S/C22H44/c1-19-14-12-10-8-6-7-9-11-13-15-21(18-19)17-16-20(2)22(3,4)5/h19-21H,6-18H2,1-5H3. The molecule has 3 unspecified atom stereocenters. The van der Waals surface area contributed by atoms with Crippen molar-refractivity contribution in [2.75, 3.05) is 0 Å². The third kappa shape index (κ3) is 9.21. The van der Waals surface area contributed by atoms with Crippen molar-refractivity contribution in [3.63, 3.8) is 0 Å². The lowest BCUT2D eigenvalue weighted by Gasteiger charge is -2.29. The number of rotatable bonds is 3. The topological polar surface area (TPSA) is 0 Å². The van der Waals surface area contributed by atoms with Crippen LogP contribution in [0, 0.1) is 23.2 Å². The normalized spacial score (nSPS) is 28.2. The molecule has 132 valence electrons. The van der Waals surface area contributed by atoms with Crippen molar-refractivity contribution in [1.82, 2.24) is 0 Å². The fraction of sp³-hybridized carbons (Fsp3) is 1.00. The molecule has 0 aromatic carbocycles. The maximum atomic E-state index is 2.51. The van der Waals surface area contributed by atoms with Crippen LogP contribution < -0.4 is 0 Å². The number of hydrogen-bond donors (Lipinski definition) is 0. The first-order chi connectivity index (χ1) is 10.4. The van der Waals surface area contributed by atoms with E-state index in [1.54, 1.807) is 0 Å². The minimum atomic E-state index is 0.481. The SMILES string of the molecule is CC1CCCCCCCCCCC(CCC(C)C(C)(C)C)C1. The summed E-state index contributed by atoms with van der Waals surface area (Å²) >= 11 is 0. The summed E-state index contributed by atoms with van der Waals surface area (Å²) in [7, 11) is 0. The van der Waals surface area contributed by atoms with E-state index < -0.39 is 0 Å². The lowest BCUT2D eigenvalue weighted by Crippen LogP contribution is -2.19. The molecule has 1 fully saturated rings. The van der Waals surface area contributed by atoms with Gasteiger partial charge in [0.2, 0.25) is 0 Å². The molecule has 0 heteroatoms. The van der Waals surface area contributed by atoms with E-state index >= 15 is 0 Å². The van der Waals surface area contributed by atoms with Gasteiger partial charge >= 0.3 is 0 Å². The van der Waals surface area contributed by atoms with Crippen LogP contribution in [0.2, 0.25) is 0 Å². The molecule has 0 saturated heterocycles. The van der Waals surface area contributed by atoms with Gasteiger partial charge in [-0.3, -0.25) is 0 Å². The van der Waals surface area contributed by atoms with E-state index in [0.717, 1.165) is 17.8 Å². The maximum Gasteiger partial charge on any atom is -0.0357 e. The number of hydrogen-bond acceptors (Lipinski definition) is 0. The predicted molar refractivity (Wildman–Crippen MR) is 101 cm³/mol. The molecule has 0 nitrogen and oxygen atoms in total. The van der Waals surface area contributed by atoms with E-state index in [9.17, 15) is 0 Å². The van der Waals surface area contributed by atoms with Gasteiger partial charge in [0.05, 0.1) is 0 Å². The minimum absolute atomic E-state index is 0.481. The molecule has 0 radical (unpaired) electrons. The molecule has 1 aliphatic carbocycles. The Hall–Kier alpha value is 0. The van der Waals surface area contributed by atoms with Crippen molar-refractivity contribution in [2.45, 2.75) is 118 Å². The van der Waals surface area contributed by atoms with Crippen LogP contribution in [0.3, 0.4) is 0 Å². The second-order valence-electron chi connectivity index (χ2n) is 9.46. The smallest absolute Gasteiger partial charge is 0.0357 e. The quantitative estimate of drug-likeness (QED) is 0.495. The Kier molecular flexibility index (Phi) is 9.76. The fourth-order valence-electron chi connectivity index (χ4n) is 3.97. The molecule has 0 bridgehead atoms. The lowest BCUT2D eigenvalue weighted by atomic mass is 9.76. The molecule has 0 aliphatic heterocycles. The van der Waals surface area contributed by atoms with Crippen molar-refractivity contribution in [1.29, 1.82) is 0 Å². The molecular formula is C22H44. The molecule has 3 atom stereocenters. The second kappa shape index (κ2) is 10.7. The first kappa shape index (κ1) is 20.0. The summed E-state index contributed by atoms with van der Waals surface area (Å²) in [6, 6.07) is 0. The summed E-state index contributed by atoms with van der Waals surface area (Å²) in [6.07, 6.45) is 19.3. The third-order valence-electron chi connectivity index (χ3n) is 6.28. The summed E-state index contributed by atoms with van der Waals surface area (Å²) < 4.78 is 0. The van der Waals surface area contributed by atoms with Gasteiger partial charge in [-0.25, -0.2) is 0 Å². The highest BCUT2D eigenvalue weighted by atomic mass is 14.3. The van der Waals surface area contributed by atoms with Gasteiger partial charge < -0.3 is 0 Å². The van der Waals surface area contributed by atoms with Gasteiger partial charge in [0.1, 0.15) is 0 Å². The van der Waals surface area contributed by atoms with E-state index in [2.05, 4.69) is 34.6 Å². The van der Waals surface area contributed by atoms with Crippen molar-refractivity contribution in [3.05, 3.63) is 0 Å². The van der Waals surface area contributed by atoms with E-state index in [0.29, 0.717) is 5.41 Å². The van der Waals surface area contributed by atoms with Gasteiger partial charge in [0, 0.05) is 0 Å². The van der Waals surface area contributed by atoms with Gasteiger partial charge in [0.15, 0.2) is 0 Å². The zero-order valence-corrected chi connectivity index (χ0v) is 16.4. The van der Waals surface area contributed by atoms with Crippen LogP contribution in [0.5, 0.6) is 0 Å². The van der Waals surface area contributed by atoms with Gasteiger partial charge in [-0.05, 0) is 36.0 Å². The average Bonchev–Trinajstić information content (AvgIpc) is 2.45. The molecule has 0 heterocycles. The van der Waals surface area contributed by atoms with E-state index in [1.165, 1.54) is 83.5 Å². The van der Waals surface area contributed by atoms with E-state index in [-0.39, 0.29) is 0 Å². The molecule has 22 heavy (non-hydrogen) atoms. The molecule has 0 aromatic heterocycles. The van der Waals surface area contributed by atoms with Crippen LogP contribution in [0.4, 0.5) is 0 Å². The molecular weight excluding hydrogens is 264 g/mol. The molecule has 0 N–H and O–H groups in total. The van der Waals surface area contributed by atoms with Crippen LogP contribution in [0.25, 0.3) is 0 Å². The Morgan fingerprint density at radius 2 is 1.32 bits per heavy atom. The monoisotopic (exact) mass is 308 g/mol. The van der Waals surface area contributed by atoms with Gasteiger partial charge in [0.25, 0.3) is 0 Å². The van der Waals surface area contributed by atoms with Crippen molar-refractivity contribution in [2.24, 2.45) is 23.2 Å². The summed E-state index contributed by atoms with van der Waals surface area (Å²) in [5, 5.41) is 0. The highest BCUT2D eigenvalue weighted by Crippen LogP contribution is 2.33. The molecule has 0 amide bonds. The largest absolute Gasteiger partial charge is 0.0625 e. The Bertz CT molecular complexity index is 260. The van der Waals surface area contributed by atoms with Crippen molar-refractivity contribution >= 4 is 0 Å². The second-order valence-corrected chi connectivity index (χ2v) is 9.46. The van der Waals surface area contributed by atoms with Crippen LogP contribution in [-0.4, -0.2) is 0 Å². The summed E-state index contributed by atoms with van der Waals surface area (Å²) in [4.78, 5) is 0. The lowest BCUT2D eigenvalue weighted by molar-refractivity contribution is 0.216.